The van der Waals surface area contributed by atoms with E-state index in [1.807, 2.05) is 32.9 Å². The van der Waals surface area contributed by atoms with E-state index in [0.29, 0.717) is 25.0 Å². The van der Waals surface area contributed by atoms with Crippen LogP contribution in [-0.2, 0) is 11.2 Å². The zero-order valence-electron chi connectivity index (χ0n) is 17.7. The van der Waals surface area contributed by atoms with Gasteiger partial charge in [-0.05, 0) is 51.7 Å². The molecule has 1 fully saturated rings. The Bertz CT molecular complexity index is 602. The molecular formula is C21H37IN4O2. The number of halogens is 1. The molecule has 2 unspecified atom stereocenters. The second-order valence-corrected chi connectivity index (χ2v) is 8.18. The number of furan rings is 1. The molecule has 3 N–H and O–H groups in total. The molecule has 0 aromatic carbocycles. The van der Waals surface area contributed by atoms with Crippen molar-refractivity contribution in [2.75, 3.05) is 19.6 Å². The van der Waals surface area contributed by atoms with Crippen LogP contribution >= 0.6 is 24.0 Å². The van der Waals surface area contributed by atoms with Gasteiger partial charge in [0.1, 0.15) is 5.76 Å². The second-order valence-electron chi connectivity index (χ2n) is 8.18. The predicted molar refractivity (Wildman–Crippen MR) is 125 cm³/mol. The minimum atomic E-state index is -0.538. The van der Waals surface area contributed by atoms with Crippen LogP contribution in [0.25, 0.3) is 0 Å². The Morgan fingerprint density at radius 2 is 2.04 bits per heavy atom. The summed E-state index contributed by atoms with van der Waals surface area (Å²) < 4.78 is 5.40. The Hall–Kier alpha value is -1.25. The Morgan fingerprint density at radius 3 is 2.68 bits per heavy atom. The maximum absolute atomic E-state index is 12.3. The highest BCUT2D eigenvalue weighted by Crippen LogP contribution is 2.23. The number of amides is 1. The van der Waals surface area contributed by atoms with Crippen molar-refractivity contribution >= 4 is 35.8 Å². The van der Waals surface area contributed by atoms with Gasteiger partial charge < -0.3 is 20.4 Å². The Labute approximate surface area is 186 Å². The first kappa shape index (κ1) is 24.8. The van der Waals surface area contributed by atoms with E-state index in [9.17, 15) is 4.79 Å². The van der Waals surface area contributed by atoms with Crippen LogP contribution in [-0.4, -0.2) is 37.5 Å². The van der Waals surface area contributed by atoms with E-state index in [2.05, 4.69) is 22.9 Å². The van der Waals surface area contributed by atoms with E-state index in [0.717, 1.165) is 24.7 Å². The summed E-state index contributed by atoms with van der Waals surface area (Å²) in [6.07, 6.45) is 7.48. The maximum atomic E-state index is 12.3. The average Bonchev–Trinajstić information content (AvgIpc) is 3.15. The molecule has 0 radical (unpaired) electrons. The van der Waals surface area contributed by atoms with Crippen LogP contribution in [0.4, 0.5) is 0 Å². The van der Waals surface area contributed by atoms with Crippen molar-refractivity contribution in [1.29, 1.82) is 0 Å². The van der Waals surface area contributed by atoms with Crippen LogP contribution < -0.4 is 16.0 Å². The van der Waals surface area contributed by atoms with Crippen molar-refractivity contribution in [1.82, 2.24) is 16.0 Å². The maximum Gasteiger partial charge on any atom is 0.227 e. The van der Waals surface area contributed by atoms with Crippen LogP contribution in [0.3, 0.4) is 0 Å². The van der Waals surface area contributed by atoms with Crippen LogP contribution in [0.1, 0.15) is 59.1 Å². The highest BCUT2D eigenvalue weighted by atomic mass is 127. The summed E-state index contributed by atoms with van der Waals surface area (Å²) in [7, 11) is 0. The summed E-state index contributed by atoms with van der Waals surface area (Å²) in [6, 6.07) is 4.32. The van der Waals surface area contributed by atoms with Gasteiger partial charge in [-0.2, -0.15) is 0 Å². The fraction of sp³-hybridized carbons (Fsp3) is 0.714. The molecule has 1 aromatic heterocycles. The Morgan fingerprint density at radius 1 is 1.29 bits per heavy atom. The topological polar surface area (TPSA) is 78.7 Å². The van der Waals surface area contributed by atoms with Crippen LogP contribution in [0.15, 0.2) is 27.8 Å². The standard InChI is InChI=1S/C21H36N4O2.HI/c1-5-22-19(26)21(3,4)15-24-20(23-13-12-17-10-8-14-27-17)25-18-11-7-6-9-16(18)2;/h8,10,14,16,18H,5-7,9,11-13,15H2,1-4H3,(H,22,26)(H2,23,24,25);1H. The number of guanidine groups is 1. The molecule has 1 aromatic rings. The molecule has 7 heteroatoms. The number of hydrogen-bond acceptors (Lipinski definition) is 3. The summed E-state index contributed by atoms with van der Waals surface area (Å²) >= 11 is 0. The largest absolute Gasteiger partial charge is 0.469 e. The highest BCUT2D eigenvalue weighted by Gasteiger charge is 2.27. The molecule has 6 nitrogen and oxygen atoms in total. The van der Waals surface area contributed by atoms with Crippen molar-refractivity contribution in [3.05, 3.63) is 24.2 Å². The lowest BCUT2D eigenvalue weighted by Crippen LogP contribution is -2.48. The van der Waals surface area contributed by atoms with Crippen LogP contribution in [0.2, 0.25) is 0 Å². The third-order valence-electron chi connectivity index (χ3n) is 5.26. The fourth-order valence-electron chi connectivity index (χ4n) is 3.37. The first-order valence-corrected chi connectivity index (χ1v) is 10.3. The van der Waals surface area contributed by atoms with E-state index in [1.165, 1.54) is 25.7 Å². The molecule has 1 heterocycles. The van der Waals surface area contributed by atoms with Gasteiger partial charge >= 0.3 is 0 Å². The molecule has 28 heavy (non-hydrogen) atoms. The molecule has 2 atom stereocenters. The van der Waals surface area contributed by atoms with Gasteiger partial charge in [-0.25, -0.2) is 0 Å². The third kappa shape index (κ3) is 8.01. The van der Waals surface area contributed by atoms with Gasteiger partial charge in [0, 0.05) is 25.6 Å². The first-order chi connectivity index (χ1) is 12.9. The molecular weight excluding hydrogens is 467 g/mol. The predicted octanol–water partition coefficient (Wildman–Crippen LogP) is 3.72. The molecule has 0 bridgehead atoms. The van der Waals surface area contributed by atoms with E-state index in [1.54, 1.807) is 6.26 Å². The highest BCUT2D eigenvalue weighted by molar-refractivity contribution is 14.0. The summed E-state index contributed by atoms with van der Waals surface area (Å²) in [4.78, 5) is 17.0. The van der Waals surface area contributed by atoms with Crippen molar-refractivity contribution in [3.63, 3.8) is 0 Å². The Balaban J connectivity index is 0.00000392. The minimum absolute atomic E-state index is 0. The van der Waals surface area contributed by atoms with Gasteiger partial charge in [-0.3, -0.25) is 9.79 Å². The SMILES string of the molecule is CCNC(=O)C(C)(C)CN=C(NCCc1ccco1)NC1CCCCC1C.I. The van der Waals surface area contributed by atoms with Gasteiger partial charge in [0.2, 0.25) is 5.91 Å². The van der Waals surface area contributed by atoms with Crippen LogP contribution in [0.5, 0.6) is 0 Å². The number of hydrogen-bond donors (Lipinski definition) is 3. The van der Waals surface area contributed by atoms with Crippen LogP contribution in [0, 0.1) is 11.3 Å². The summed E-state index contributed by atoms with van der Waals surface area (Å²) in [6.45, 7) is 9.92. The monoisotopic (exact) mass is 504 g/mol. The molecule has 2 rings (SSSR count). The number of nitrogens with one attached hydrogen (secondary N) is 3. The third-order valence-corrected chi connectivity index (χ3v) is 5.26. The molecule has 160 valence electrons. The number of nitrogens with zero attached hydrogens (tertiary/aromatic N) is 1. The lowest BCUT2D eigenvalue weighted by atomic mass is 9.86. The van der Waals surface area contributed by atoms with Gasteiger partial charge in [-0.15, -0.1) is 24.0 Å². The normalized spacial score (nSPS) is 20.2. The lowest BCUT2D eigenvalue weighted by molar-refractivity contribution is -0.128. The molecule has 1 amide bonds. The van der Waals surface area contributed by atoms with Crippen molar-refractivity contribution in [2.24, 2.45) is 16.3 Å². The zero-order chi connectivity index (χ0) is 19.7. The van der Waals surface area contributed by atoms with E-state index in [4.69, 9.17) is 9.41 Å². The molecule has 0 aliphatic heterocycles. The van der Waals surface area contributed by atoms with Gasteiger partial charge in [0.05, 0.1) is 18.2 Å². The lowest BCUT2D eigenvalue weighted by Gasteiger charge is -2.31. The minimum Gasteiger partial charge on any atom is -0.469 e. The summed E-state index contributed by atoms with van der Waals surface area (Å²) in [5.41, 5.74) is -0.538. The Kier molecular flexibility index (Phi) is 10.9. The first-order valence-electron chi connectivity index (χ1n) is 10.3. The van der Waals surface area contributed by atoms with Gasteiger partial charge in [0.15, 0.2) is 5.96 Å². The summed E-state index contributed by atoms with van der Waals surface area (Å²) in [5.74, 6) is 2.41. The molecule has 0 spiro atoms. The van der Waals surface area contributed by atoms with E-state index < -0.39 is 5.41 Å². The number of rotatable bonds is 8. The molecule has 1 saturated carbocycles. The zero-order valence-corrected chi connectivity index (χ0v) is 20.0. The fourth-order valence-corrected chi connectivity index (χ4v) is 3.37. The van der Waals surface area contributed by atoms with Gasteiger partial charge in [-0.1, -0.05) is 19.8 Å². The quantitative estimate of drug-likeness (QED) is 0.287. The molecule has 1 aliphatic rings. The smallest absolute Gasteiger partial charge is 0.227 e. The average molecular weight is 504 g/mol. The molecule has 1 aliphatic carbocycles. The molecule has 0 saturated heterocycles. The number of aliphatic imine (C=N–C) groups is 1. The van der Waals surface area contributed by atoms with Gasteiger partial charge in [0.25, 0.3) is 0 Å². The summed E-state index contributed by atoms with van der Waals surface area (Å²) in [5, 5.41) is 9.92. The number of carbonyl (C=O) groups excluding carboxylic acids is 1. The number of carbonyl (C=O) groups is 1. The second kappa shape index (κ2) is 12.3. The van der Waals surface area contributed by atoms with Crippen molar-refractivity contribution < 1.29 is 9.21 Å². The van der Waals surface area contributed by atoms with Crippen molar-refractivity contribution in [3.8, 4) is 0 Å². The van der Waals surface area contributed by atoms with E-state index >= 15 is 0 Å². The van der Waals surface area contributed by atoms with Crippen molar-refractivity contribution in [2.45, 2.75) is 65.8 Å². The van der Waals surface area contributed by atoms with E-state index in [-0.39, 0.29) is 29.9 Å².